The molecule has 5 nitrogen and oxygen atoms in total. The largest absolute Gasteiger partial charge is 0.497 e. The monoisotopic (exact) mass is 431 g/mol. The van der Waals surface area contributed by atoms with Crippen LogP contribution < -0.4 is 4.74 Å². The Morgan fingerprint density at radius 1 is 1.00 bits per heavy atom. The molecule has 6 heteroatoms. The molecule has 0 aliphatic carbocycles. The van der Waals surface area contributed by atoms with Crippen LogP contribution in [0.5, 0.6) is 5.75 Å². The van der Waals surface area contributed by atoms with E-state index in [1.807, 2.05) is 65.5 Å². The third kappa shape index (κ3) is 4.62. The molecule has 3 aromatic carbocycles. The number of amides is 1. The standard InChI is InChI=1S/C25H22ClN3O2/c1-28(25(30)19-10-14-23(31-2)15-11-19)16-20-17-29(22-6-4-3-5-7-22)27-24(20)18-8-12-21(26)13-9-18/h3-15,17H,16H2,1-2H3. The fourth-order valence-electron chi connectivity index (χ4n) is 3.37. The van der Waals surface area contributed by atoms with Gasteiger partial charge in [-0.25, -0.2) is 4.68 Å². The molecule has 0 fully saturated rings. The van der Waals surface area contributed by atoms with Crippen molar-refractivity contribution in [2.75, 3.05) is 14.2 Å². The molecule has 4 rings (SSSR count). The minimum Gasteiger partial charge on any atom is -0.497 e. The van der Waals surface area contributed by atoms with Crippen LogP contribution in [0.2, 0.25) is 5.02 Å². The second kappa shape index (κ2) is 9.06. The van der Waals surface area contributed by atoms with Crippen LogP contribution in [0, 0.1) is 0 Å². The zero-order valence-corrected chi connectivity index (χ0v) is 18.1. The molecule has 0 atom stereocenters. The number of hydrogen-bond acceptors (Lipinski definition) is 3. The third-order valence-electron chi connectivity index (χ3n) is 5.02. The molecule has 0 unspecified atom stereocenters. The molecular formula is C25H22ClN3O2. The van der Waals surface area contributed by atoms with E-state index in [1.165, 1.54) is 0 Å². The predicted octanol–water partition coefficient (Wildman–Crippen LogP) is 5.47. The first kappa shape index (κ1) is 20.7. The smallest absolute Gasteiger partial charge is 0.253 e. The molecule has 1 aromatic heterocycles. The molecule has 1 heterocycles. The van der Waals surface area contributed by atoms with Crippen LogP contribution in [0.15, 0.2) is 85.1 Å². The van der Waals surface area contributed by atoms with Crippen molar-refractivity contribution in [3.63, 3.8) is 0 Å². The molecule has 0 spiro atoms. The Labute approximate surface area is 186 Å². The number of hydrogen-bond donors (Lipinski definition) is 0. The lowest BCUT2D eigenvalue weighted by Gasteiger charge is -2.17. The Kier molecular flexibility index (Phi) is 6.05. The van der Waals surface area contributed by atoms with Gasteiger partial charge >= 0.3 is 0 Å². The molecule has 0 radical (unpaired) electrons. The molecule has 0 bridgehead atoms. The molecule has 156 valence electrons. The van der Waals surface area contributed by atoms with Gasteiger partial charge in [0.25, 0.3) is 5.91 Å². The van der Waals surface area contributed by atoms with Crippen molar-refractivity contribution in [2.24, 2.45) is 0 Å². The number of nitrogens with zero attached hydrogens (tertiary/aromatic N) is 3. The van der Waals surface area contributed by atoms with Crippen molar-refractivity contribution < 1.29 is 9.53 Å². The van der Waals surface area contributed by atoms with E-state index in [1.54, 1.807) is 43.3 Å². The van der Waals surface area contributed by atoms with E-state index < -0.39 is 0 Å². The van der Waals surface area contributed by atoms with E-state index in [4.69, 9.17) is 21.4 Å². The molecule has 4 aromatic rings. The quantitative estimate of drug-likeness (QED) is 0.406. The summed E-state index contributed by atoms with van der Waals surface area (Å²) in [7, 11) is 3.39. The number of rotatable bonds is 6. The first-order valence-electron chi connectivity index (χ1n) is 9.84. The number of halogens is 1. The first-order valence-corrected chi connectivity index (χ1v) is 10.2. The highest BCUT2D eigenvalue weighted by molar-refractivity contribution is 6.30. The summed E-state index contributed by atoms with van der Waals surface area (Å²) < 4.78 is 7.02. The van der Waals surface area contributed by atoms with E-state index in [2.05, 4.69) is 0 Å². The predicted molar refractivity (Wildman–Crippen MR) is 123 cm³/mol. The maximum Gasteiger partial charge on any atom is 0.253 e. The van der Waals surface area contributed by atoms with Gasteiger partial charge in [-0.2, -0.15) is 5.10 Å². The molecular weight excluding hydrogens is 410 g/mol. The molecule has 0 aliphatic rings. The summed E-state index contributed by atoms with van der Waals surface area (Å²) in [5, 5.41) is 5.47. The van der Waals surface area contributed by atoms with Gasteiger partial charge in [-0.3, -0.25) is 4.79 Å². The summed E-state index contributed by atoms with van der Waals surface area (Å²) in [5.41, 5.74) is 4.25. The Bertz CT molecular complexity index is 1170. The summed E-state index contributed by atoms with van der Waals surface area (Å²) in [6.45, 7) is 0.412. The van der Waals surface area contributed by atoms with Gasteiger partial charge in [0.1, 0.15) is 5.75 Å². The number of benzene rings is 3. The average Bonchev–Trinajstić information content (AvgIpc) is 3.23. The van der Waals surface area contributed by atoms with Gasteiger partial charge in [0.05, 0.1) is 18.5 Å². The molecule has 0 saturated carbocycles. The lowest BCUT2D eigenvalue weighted by Crippen LogP contribution is -2.26. The van der Waals surface area contributed by atoms with E-state index in [0.717, 1.165) is 22.5 Å². The van der Waals surface area contributed by atoms with Crippen LogP contribution in [-0.2, 0) is 6.54 Å². The SMILES string of the molecule is COc1ccc(C(=O)N(C)Cc2cn(-c3ccccc3)nc2-c2ccc(Cl)cc2)cc1. The van der Waals surface area contributed by atoms with Crippen molar-refractivity contribution in [3.05, 3.63) is 101 Å². The van der Waals surface area contributed by atoms with Gasteiger partial charge in [0, 0.05) is 41.5 Å². The highest BCUT2D eigenvalue weighted by Gasteiger charge is 2.18. The van der Waals surface area contributed by atoms with Crippen LogP contribution in [0.1, 0.15) is 15.9 Å². The number of aromatic nitrogens is 2. The van der Waals surface area contributed by atoms with Gasteiger partial charge < -0.3 is 9.64 Å². The summed E-state index contributed by atoms with van der Waals surface area (Å²) in [4.78, 5) is 14.6. The van der Waals surface area contributed by atoms with Crippen molar-refractivity contribution in [2.45, 2.75) is 6.54 Å². The molecule has 0 saturated heterocycles. The normalized spacial score (nSPS) is 10.7. The maximum atomic E-state index is 13.0. The second-order valence-corrected chi connectivity index (χ2v) is 7.62. The highest BCUT2D eigenvalue weighted by atomic mass is 35.5. The second-order valence-electron chi connectivity index (χ2n) is 7.18. The summed E-state index contributed by atoms with van der Waals surface area (Å²) in [6, 6.07) is 24.6. The van der Waals surface area contributed by atoms with Crippen molar-refractivity contribution in [1.29, 1.82) is 0 Å². The van der Waals surface area contributed by atoms with E-state index >= 15 is 0 Å². The summed E-state index contributed by atoms with van der Waals surface area (Å²) >= 11 is 6.07. The van der Waals surface area contributed by atoms with Crippen LogP contribution in [0.25, 0.3) is 16.9 Å². The highest BCUT2D eigenvalue weighted by Crippen LogP contribution is 2.26. The van der Waals surface area contributed by atoms with Crippen LogP contribution in [0.4, 0.5) is 0 Å². The van der Waals surface area contributed by atoms with Gasteiger partial charge in [-0.1, -0.05) is 41.9 Å². The summed E-state index contributed by atoms with van der Waals surface area (Å²) in [6.07, 6.45) is 1.97. The fraction of sp³-hybridized carbons (Fsp3) is 0.120. The maximum absolute atomic E-state index is 13.0. The minimum atomic E-state index is -0.0721. The van der Waals surface area contributed by atoms with Crippen LogP contribution in [0.3, 0.4) is 0 Å². The number of ether oxygens (including phenoxy) is 1. The zero-order chi connectivity index (χ0) is 21.8. The molecule has 1 amide bonds. The first-order chi connectivity index (χ1) is 15.0. The number of methoxy groups -OCH3 is 1. The van der Waals surface area contributed by atoms with Gasteiger partial charge in [-0.15, -0.1) is 0 Å². The minimum absolute atomic E-state index is 0.0721. The lowest BCUT2D eigenvalue weighted by atomic mass is 10.1. The Balaban J connectivity index is 1.66. The van der Waals surface area contributed by atoms with Crippen LogP contribution in [-0.4, -0.2) is 34.7 Å². The fourth-order valence-corrected chi connectivity index (χ4v) is 3.50. The Morgan fingerprint density at radius 2 is 1.68 bits per heavy atom. The van der Waals surface area contributed by atoms with E-state index in [9.17, 15) is 4.79 Å². The van der Waals surface area contributed by atoms with E-state index in [0.29, 0.717) is 22.9 Å². The number of carbonyl (C=O) groups is 1. The van der Waals surface area contributed by atoms with Crippen molar-refractivity contribution >= 4 is 17.5 Å². The van der Waals surface area contributed by atoms with Crippen LogP contribution >= 0.6 is 11.6 Å². The van der Waals surface area contributed by atoms with Crippen molar-refractivity contribution in [3.8, 4) is 22.7 Å². The lowest BCUT2D eigenvalue weighted by molar-refractivity contribution is 0.0785. The third-order valence-corrected chi connectivity index (χ3v) is 5.27. The van der Waals surface area contributed by atoms with E-state index in [-0.39, 0.29) is 5.91 Å². The molecule has 0 N–H and O–H groups in total. The number of para-hydroxylation sites is 1. The Hall–Kier alpha value is -3.57. The topological polar surface area (TPSA) is 47.4 Å². The molecule has 31 heavy (non-hydrogen) atoms. The van der Waals surface area contributed by atoms with Gasteiger partial charge in [-0.05, 0) is 48.5 Å². The Morgan fingerprint density at radius 3 is 2.32 bits per heavy atom. The zero-order valence-electron chi connectivity index (χ0n) is 17.3. The summed E-state index contributed by atoms with van der Waals surface area (Å²) in [5.74, 6) is 0.644. The molecule has 0 aliphatic heterocycles. The van der Waals surface area contributed by atoms with Crippen molar-refractivity contribution in [1.82, 2.24) is 14.7 Å². The average molecular weight is 432 g/mol. The van der Waals surface area contributed by atoms with Gasteiger partial charge in [0.15, 0.2) is 0 Å². The number of carbonyl (C=O) groups excluding carboxylic acids is 1. The van der Waals surface area contributed by atoms with Gasteiger partial charge in [0.2, 0.25) is 0 Å².